The Balaban J connectivity index is 2.61. The van der Waals surface area contributed by atoms with Crippen LogP contribution in [0.5, 0.6) is 5.75 Å². The van der Waals surface area contributed by atoms with E-state index in [9.17, 15) is 18.0 Å². The van der Waals surface area contributed by atoms with Crippen LogP contribution in [0.1, 0.15) is 15.9 Å². The predicted octanol–water partition coefficient (Wildman–Crippen LogP) is 4.17. The molecule has 0 heterocycles. The van der Waals surface area contributed by atoms with Crippen LogP contribution in [-0.2, 0) is 10.9 Å². The van der Waals surface area contributed by atoms with Crippen molar-refractivity contribution in [1.29, 1.82) is 0 Å². The Morgan fingerprint density at radius 3 is 2.27 bits per heavy atom. The summed E-state index contributed by atoms with van der Waals surface area (Å²) in [4.78, 5) is 11.5. The van der Waals surface area contributed by atoms with Crippen LogP contribution in [0, 0.1) is 0 Å². The minimum Gasteiger partial charge on any atom is -0.496 e. The molecule has 6 heteroatoms. The van der Waals surface area contributed by atoms with E-state index in [1.54, 1.807) is 0 Å². The molecular weight excluding hydrogens is 297 g/mol. The molecule has 0 radical (unpaired) electrons. The van der Waals surface area contributed by atoms with Gasteiger partial charge in [0.25, 0.3) is 0 Å². The molecule has 22 heavy (non-hydrogen) atoms. The molecule has 0 aliphatic carbocycles. The molecule has 3 nitrogen and oxygen atoms in total. The van der Waals surface area contributed by atoms with E-state index in [4.69, 9.17) is 4.74 Å². The molecule has 0 bridgehead atoms. The zero-order chi connectivity index (χ0) is 16.3. The standard InChI is InChI=1S/C16H13F3O3/c1-21-14-9-10(15(20)22-2)7-8-12(14)11-5-3-4-6-13(11)16(17,18)19/h3-9H,1-2H3. The Morgan fingerprint density at radius 2 is 1.68 bits per heavy atom. The lowest BCUT2D eigenvalue weighted by Crippen LogP contribution is -2.08. The molecular formula is C16H13F3O3. The number of alkyl halides is 3. The summed E-state index contributed by atoms with van der Waals surface area (Å²) in [5.41, 5.74) is -0.321. The SMILES string of the molecule is COC(=O)c1ccc(-c2ccccc2C(F)(F)F)c(OC)c1. The second-order valence-electron chi connectivity index (χ2n) is 4.45. The molecule has 0 N–H and O–H groups in total. The number of halogens is 3. The Bertz CT molecular complexity index is 693. The van der Waals surface area contributed by atoms with Crippen molar-refractivity contribution < 1.29 is 27.4 Å². The largest absolute Gasteiger partial charge is 0.496 e. The first-order chi connectivity index (χ1) is 10.4. The fourth-order valence-corrected chi connectivity index (χ4v) is 2.12. The summed E-state index contributed by atoms with van der Waals surface area (Å²) >= 11 is 0. The van der Waals surface area contributed by atoms with Gasteiger partial charge in [-0.15, -0.1) is 0 Å². The van der Waals surface area contributed by atoms with Crippen molar-refractivity contribution in [3.8, 4) is 16.9 Å². The van der Waals surface area contributed by atoms with Crippen LogP contribution in [0.25, 0.3) is 11.1 Å². The monoisotopic (exact) mass is 310 g/mol. The van der Waals surface area contributed by atoms with Gasteiger partial charge in [-0.1, -0.05) is 18.2 Å². The van der Waals surface area contributed by atoms with Gasteiger partial charge in [0.15, 0.2) is 0 Å². The highest BCUT2D eigenvalue weighted by Crippen LogP contribution is 2.40. The third kappa shape index (κ3) is 3.05. The van der Waals surface area contributed by atoms with Crippen molar-refractivity contribution in [3.63, 3.8) is 0 Å². The molecule has 0 aliphatic rings. The molecule has 2 aromatic carbocycles. The second kappa shape index (κ2) is 6.09. The zero-order valence-electron chi connectivity index (χ0n) is 11.9. The molecule has 0 saturated heterocycles. The molecule has 116 valence electrons. The molecule has 0 atom stereocenters. The van der Waals surface area contributed by atoms with Gasteiger partial charge in [0.2, 0.25) is 0 Å². The van der Waals surface area contributed by atoms with Crippen LogP contribution in [0.15, 0.2) is 42.5 Å². The van der Waals surface area contributed by atoms with Gasteiger partial charge in [-0.05, 0) is 29.8 Å². The van der Waals surface area contributed by atoms with Crippen LogP contribution in [0.3, 0.4) is 0 Å². The summed E-state index contributed by atoms with van der Waals surface area (Å²) in [6.45, 7) is 0. The van der Waals surface area contributed by atoms with Crippen LogP contribution in [0.2, 0.25) is 0 Å². The highest BCUT2D eigenvalue weighted by atomic mass is 19.4. The van der Waals surface area contributed by atoms with Crippen LogP contribution in [-0.4, -0.2) is 20.2 Å². The summed E-state index contributed by atoms with van der Waals surface area (Å²) in [7, 11) is 2.55. The molecule has 2 aromatic rings. The minimum absolute atomic E-state index is 0.0109. The van der Waals surface area contributed by atoms with Gasteiger partial charge in [0.05, 0.1) is 25.3 Å². The average Bonchev–Trinajstić information content (AvgIpc) is 2.52. The lowest BCUT2D eigenvalue weighted by molar-refractivity contribution is -0.137. The van der Waals surface area contributed by atoms with Crippen LogP contribution >= 0.6 is 0 Å². The van der Waals surface area contributed by atoms with Gasteiger partial charge >= 0.3 is 12.1 Å². The summed E-state index contributed by atoms with van der Waals surface area (Å²) in [6, 6.07) is 9.36. The maximum Gasteiger partial charge on any atom is 0.417 e. The fraction of sp³-hybridized carbons (Fsp3) is 0.188. The molecule has 0 amide bonds. The van der Waals surface area contributed by atoms with E-state index >= 15 is 0 Å². The van der Waals surface area contributed by atoms with E-state index in [0.29, 0.717) is 0 Å². The number of carbonyl (C=O) groups is 1. The third-order valence-electron chi connectivity index (χ3n) is 3.15. The molecule has 0 fully saturated rings. The molecule has 0 spiro atoms. The summed E-state index contributed by atoms with van der Waals surface area (Å²) < 4.78 is 49.1. The predicted molar refractivity (Wildman–Crippen MR) is 74.8 cm³/mol. The molecule has 2 rings (SSSR count). The summed E-state index contributed by atoms with van der Waals surface area (Å²) in [5, 5.41) is 0. The maximum absolute atomic E-state index is 13.1. The number of hydrogen-bond donors (Lipinski definition) is 0. The molecule has 0 aromatic heterocycles. The Labute approximate surface area is 125 Å². The Kier molecular flexibility index (Phi) is 4.40. The second-order valence-corrected chi connectivity index (χ2v) is 4.45. The molecule has 0 aliphatic heterocycles. The number of benzene rings is 2. The van der Waals surface area contributed by atoms with Gasteiger partial charge in [0, 0.05) is 5.56 Å². The Hall–Kier alpha value is -2.50. The summed E-state index contributed by atoms with van der Waals surface area (Å²) in [5.74, 6) is -0.423. The van der Waals surface area contributed by atoms with Gasteiger partial charge in [-0.25, -0.2) is 4.79 Å². The van der Waals surface area contributed by atoms with Crippen molar-refractivity contribution in [3.05, 3.63) is 53.6 Å². The van der Waals surface area contributed by atoms with Crippen molar-refractivity contribution in [1.82, 2.24) is 0 Å². The first-order valence-electron chi connectivity index (χ1n) is 6.31. The van der Waals surface area contributed by atoms with E-state index in [-0.39, 0.29) is 22.4 Å². The normalized spacial score (nSPS) is 11.1. The Morgan fingerprint density at radius 1 is 1.00 bits per heavy atom. The first-order valence-corrected chi connectivity index (χ1v) is 6.31. The number of ether oxygens (including phenoxy) is 2. The molecule has 0 unspecified atom stereocenters. The van der Waals surface area contributed by atoms with Crippen molar-refractivity contribution >= 4 is 5.97 Å². The third-order valence-corrected chi connectivity index (χ3v) is 3.15. The van der Waals surface area contributed by atoms with E-state index < -0.39 is 17.7 Å². The highest BCUT2D eigenvalue weighted by Gasteiger charge is 2.34. The van der Waals surface area contributed by atoms with Crippen molar-refractivity contribution in [2.24, 2.45) is 0 Å². The average molecular weight is 310 g/mol. The van der Waals surface area contributed by atoms with Gasteiger partial charge in [-0.3, -0.25) is 0 Å². The number of rotatable bonds is 3. The lowest BCUT2D eigenvalue weighted by Gasteiger charge is -2.15. The number of carbonyl (C=O) groups excluding carboxylic acids is 1. The van der Waals surface area contributed by atoms with Crippen LogP contribution < -0.4 is 4.74 Å². The minimum atomic E-state index is -4.48. The summed E-state index contributed by atoms with van der Waals surface area (Å²) in [6.07, 6.45) is -4.48. The van der Waals surface area contributed by atoms with E-state index in [0.717, 1.165) is 6.07 Å². The maximum atomic E-state index is 13.1. The molecule has 0 saturated carbocycles. The van der Waals surface area contributed by atoms with E-state index in [1.165, 1.54) is 50.6 Å². The van der Waals surface area contributed by atoms with E-state index in [2.05, 4.69) is 4.74 Å². The topological polar surface area (TPSA) is 35.5 Å². The first kappa shape index (κ1) is 15.9. The van der Waals surface area contributed by atoms with Crippen molar-refractivity contribution in [2.75, 3.05) is 14.2 Å². The van der Waals surface area contributed by atoms with E-state index in [1.807, 2.05) is 0 Å². The number of hydrogen-bond acceptors (Lipinski definition) is 3. The zero-order valence-corrected chi connectivity index (χ0v) is 11.9. The van der Waals surface area contributed by atoms with Gasteiger partial charge in [0.1, 0.15) is 5.75 Å². The number of methoxy groups -OCH3 is 2. The quantitative estimate of drug-likeness (QED) is 0.798. The smallest absolute Gasteiger partial charge is 0.417 e. The van der Waals surface area contributed by atoms with Gasteiger partial charge in [-0.2, -0.15) is 13.2 Å². The number of esters is 1. The van der Waals surface area contributed by atoms with Gasteiger partial charge < -0.3 is 9.47 Å². The van der Waals surface area contributed by atoms with Crippen LogP contribution in [0.4, 0.5) is 13.2 Å². The fourth-order valence-electron chi connectivity index (χ4n) is 2.12. The lowest BCUT2D eigenvalue weighted by atomic mass is 9.97. The van der Waals surface area contributed by atoms with Crippen molar-refractivity contribution in [2.45, 2.75) is 6.18 Å². The highest BCUT2D eigenvalue weighted by molar-refractivity contribution is 5.91.